The molecule has 14 heavy (non-hydrogen) atoms. The monoisotopic (exact) mass is 198 g/mol. The van der Waals surface area contributed by atoms with E-state index in [1.807, 2.05) is 0 Å². The van der Waals surface area contributed by atoms with Gasteiger partial charge in [0, 0.05) is 13.7 Å². The summed E-state index contributed by atoms with van der Waals surface area (Å²) in [7, 11) is 1.76. The highest BCUT2D eigenvalue weighted by Crippen LogP contribution is 2.22. The van der Waals surface area contributed by atoms with E-state index in [1.54, 1.807) is 7.11 Å². The molecule has 0 aliphatic heterocycles. The normalized spacial score (nSPS) is 13.2. The maximum Gasteiger partial charge on any atom is 0.0462 e. The molecule has 0 aliphatic rings. The molecule has 0 saturated heterocycles. The number of hydrogen-bond acceptors (Lipinski definition) is 1. The lowest BCUT2D eigenvalue weighted by molar-refractivity contribution is 0.192. The van der Waals surface area contributed by atoms with E-state index in [-0.39, 0.29) is 0 Å². The van der Waals surface area contributed by atoms with Crippen LogP contribution in [0.2, 0.25) is 0 Å². The van der Waals surface area contributed by atoms with Gasteiger partial charge in [-0.1, -0.05) is 32.9 Å². The number of ether oxygens (including phenoxy) is 1. The molecule has 0 radical (unpaired) electrons. The molecule has 0 spiro atoms. The zero-order valence-corrected chi connectivity index (χ0v) is 10.3. The summed E-state index contributed by atoms with van der Waals surface area (Å²) >= 11 is 0. The predicted octanol–water partition coefficient (Wildman–Crippen LogP) is 4.04. The lowest BCUT2D eigenvalue weighted by Crippen LogP contribution is -2.03. The lowest BCUT2D eigenvalue weighted by atomic mass is 9.90. The highest BCUT2D eigenvalue weighted by molar-refractivity contribution is 4.98. The maximum atomic E-state index is 5.02. The molecule has 0 heterocycles. The number of unbranched alkanes of at least 4 members (excludes halogenated alkanes) is 1. The Morgan fingerprint density at radius 2 is 1.86 bits per heavy atom. The minimum Gasteiger partial charge on any atom is -0.385 e. The molecule has 0 aromatic rings. The third-order valence-electron chi connectivity index (χ3n) is 2.62. The minimum absolute atomic E-state index is 0.678. The zero-order chi connectivity index (χ0) is 11.0. The molecule has 0 bridgehead atoms. The molecule has 1 unspecified atom stereocenters. The first kappa shape index (κ1) is 13.7. The summed E-state index contributed by atoms with van der Waals surface area (Å²) in [5.41, 5.74) is 1.41. The molecule has 0 N–H and O–H groups in total. The number of rotatable bonds is 8. The van der Waals surface area contributed by atoms with Crippen LogP contribution in [0.4, 0.5) is 0 Å². The van der Waals surface area contributed by atoms with Crippen LogP contribution < -0.4 is 0 Å². The Labute approximate surface area is 89.5 Å². The third kappa shape index (κ3) is 7.14. The van der Waals surface area contributed by atoms with E-state index in [0.717, 1.165) is 25.4 Å². The molecule has 0 rings (SSSR count). The van der Waals surface area contributed by atoms with Crippen LogP contribution in [0.25, 0.3) is 0 Å². The molecule has 1 atom stereocenters. The minimum atomic E-state index is 0.678. The first-order valence-corrected chi connectivity index (χ1v) is 5.74. The quantitative estimate of drug-likeness (QED) is 0.422. The first-order chi connectivity index (χ1) is 6.57. The van der Waals surface area contributed by atoms with Crippen LogP contribution in [0.15, 0.2) is 12.2 Å². The largest absolute Gasteiger partial charge is 0.385 e. The molecule has 0 aromatic carbocycles. The molecular weight excluding hydrogens is 172 g/mol. The van der Waals surface area contributed by atoms with Crippen molar-refractivity contribution in [2.45, 2.75) is 46.5 Å². The van der Waals surface area contributed by atoms with Crippen molar-refractivity contribution in [3.05, 3.63) is 12.2 Å². The Hall–Kier alpha value is -0.300. The van der Waals surface area contributed by atoms with Gasteiger partial charge in [-0.05, 0) is 37.5 Å². The molecular formula is C13H26O. The summed E-state index contributed by atoms with van der Waals surface area (Å²) in [6.07, 6.45) is 4.80. The second-order valence-corrected chi connectivity index (χ2v) is 4.64. The van der Waals surface area contributed by atoms with Gasteiger partial charge in [0.15, 0.2) is 0 Å². The standard InChI is InChI=1S/C13H26O/c1-11(2)10-13(4)12(3)8-6-7-9-14-5/h11,13H,3,6-10H2,1-2,4-5H3. The van der Waals surface area contributed by atoms with Gasteiger partial charge in [-0.25, -0.2) is 0 Å². The Morgan fingerprint density at radius 3 is 2.36 bits per heavy atom. The average Bonchev–Trinajstić information content (AvgIpc) is 2.11. The van der Waals surface area contributed by atoms with Gasteiger partial charge in [-0.2, -0.15) is 0 Å². The molecule has 0 amide bonds. The zero-order valence-electron chi connectivity index (χ0n) is 10.3. The van der Waals surface area contributed by atoms with Crippen molar-refractivity contribution >= 4 is 0 Å². The van der Waals surface area contributed by atoms with Crippen molar-refractivity contribution in [1.82, 2.24) is 0 Å². The van der Waals surface area contributed by atoms with E-state index < -0.39 is 0 Å². The van der Waals surface area contributed by atoms with Crippen molar-refractivity contribution in [3.8, 4) is 0 Å². The second kappa shape index (κ2) is 8.05. The van der Waals surface area contributed by atoms with Crippen molar-refractivity contribution in [3.63, 3.8) is 0 Å². The molecule has 0 aromatic heterocycles. The van der Waals surface area contributed by atoms with Crippen LogP contribution in [0.3, 0.4) is 0 Å². The maximum absolute atomic E-state index is 5.02. The summed E-state index contributed by atoms with van der Waals surface area (Å²) in [6, 6.07) is 0. The van der Waals surface area contributed by atoms with E-state index in [0.29, 0.717) is 5.92 Å². The smallest absolute Gasteiger partial charge is 0.0462 e. The van der Waals surface area contributed by atoms with Crippen LogP contribution in [-0.2, 0) is 4.74 Å². The topological polar surface area (TPSA) is 9.23 Å². The fourth-order valence-electron chi connectivity index (χ4n) is 1.72. The highest BCUT2D eigenvalue weighted by Gasteiger charge is 2.08. The SMILES string of the molecule is C=C(CCCCOC)C(C)CC(C)C. The first-order valence-electron chi connectivity index (χ1n) is 5.74. The van der Waals surface area contributed by atoms with Gasteiger partial charge in [-0.3, -0.25) is 0 Å². The van der Waals surface area contributed by atoms with Gasteiger partial charge in [0.2, 0.25) is 0 Å². The van der Waals surface area contributed by atoms with Crippen LogP contribution in [0.5, 0.6) is 0 Å². The molecule has 1 nitrogen and oxygen atoms in total. The van der Waals surface area contributed by atoms with Crippen molar-refractivity contribution in [2.75, 3.05) is 13.7 Å². The molecule has 84 valence electrons. The van der Waals surface area contributed by atoms with E-state index in [9.17, 15) is 0 Å². The molecule has 1 heteroatoms. The number of methoxy groups -OCH3 is 1. The Kier molecular flexibility index (Phi) is 7.87. The van der Waals surface area contributed by atoms with E-state index >= 15 is 0 Å². The molecule has 0 saturated carbocycles. The fourth-order valence-corrected chi connectivity index (χ4v) is 1.72. The van der Waals surface area contributed by atoms with Crippen LogP contribution in [-0.4, -0.2) is 13.7 Å². The summed E-state index contributed by atoms with van der Waals surface area (Å²) in [4.78, 5) is 0. The Morgan fingerprint density at radius 1 is 1.21 bits per heavy atom. The van der Waals surface area contributed by atoms with E-state index in [2.05, 4.69) is 27.4 Å². The van der Waals surface area contributed by atoms with Gasteiger partial charge in [-0.15, -0.1) is 0 Å². The van der Waals surface area contributed by atoms with E-state index in [4.69, 9.17) is 4.74 Å². The van der Waals surface area contributed by atoms with Crippen molar-refractivity contribution < 1.29 is 4.74 Å². The lowest BCUT2D eigenvalue weighted by Gasteiger charge is -2.16. The second-order valence-electron chi connectivity index (χ2n) is 4.64. The van der Waals surface area contributed by atoms with Crippen LogP contribution >= 0.6 is 0 Å². The van der Waals surface area contributed by atoms with Gasteiger partial charge in [0.1, 0.15) is 0 Å². The van der Waals surface area contributed by atoms with Gasteiger partial charge in [0.05, 0.1) is 0 Å². The highest BCUT2D eigenvalue weighted by atomic mass is 16.5. The summed E-state index contributed by atoms with van der Waals surface area (Å²) in [5.74, 6) is 1.46. The summed E-state index contributed by atoms with van der Waals surface area (Å²) in [5, 5.41) is 0. The van der Waals surface area contributed by atoms with Gasteiger partial charge in [0.25, 0.3) is 0 Å². The summed E-state index contributed by atoms with van der Waals surface area (Å²) < 4.78 is 5.02. The van der Waals surface area contributed by atoms with Crippen molar-refractivity contribution in [2.24, 2.45) is 11.8 Å². The number of hydrogen-bond donors (Lipinski definition) is 0. The third-order valence-corrected chi connectivity index (χ3v) is 2.62. The Balaban J connectivity index is 3.52. The average molecular weight is 198 g/mol. The fraction of sp³-hybridized carbons (Fsp3) is 0.846. The number of allylic oxidation sites excluding steroid dienone is 1. The molecule has 0 fully saturated rings. The Bertz CT molecular complexity index is 149. The van der Waals surface area contributed by atoms with Crippen molar-refractivity contribution in [1.29, 1.82) is 0 Å². The van der Waals surface area contributed by atoms with Crippen LogP contribution in [0.1, 0.15) is 46.5 Å². The summed E-state index contributed by atoms with van der Waals surface area (Å²) in [6.45, 7) is 11.9. The van der Waals surface area contributed by atoms with E-state index in [1.165, 1.54) is 18.4 Å². The molecule has 0 aliphatic carbocycles. The van der Waals surface area contributed by atoms with Gasteiger partial charge < -0.3 is 4.74 Å². The van der Waals surface area contributed by atoms with Gasteiger partial charge >= 0.3 is 0 Å². The van der Waals surface area contributed by atoms with Crippen LogP contribution in [0, 0.1) is 11.8 Å². The predicted molar refractivity (Wildman–Crippen MR) is 63.5 cm³/mol.